The molecule has 0 bridgehead atoms. The third-order valence-corrected chi connectivity index (χ3v) is 6.63. The molecule has 1 fully saturated rings. The van der Waals surface area contributed by atoms with Gasteiger partial charge in [0.1, 0.15) is 11.7 Å². The number of anilines is 3. The quantitative estimate of drug-likeness (QED) is 0.554. The smallest absolute Gasteiger partial charge is 0.261 e. The lowest BCUT2D eigenvalue weighted by molar-refractivity contribution is -0.119. The van der Waals surface area contributed by atoms with Gasteiger partial charge >= 0.3 is 0 Å². The van der Waals surface area contributed by atoms with Crippen LogP contribution in [0.1, 0.15) is 54.7 Å². The molecule has 6 rings (SSSR count). The maximum absolute atomic E-state index is 13.5. The summed E-state index contributed by atoms with van der Waals surface area (Å²) >= 11 is 0. The van der Waals surface area contributed by atoms with Crippen LogP contribution < -0.4 is 14.7 Å². The summed E-state index contributed by atoms with van der Waals surface area (Å²) in [5, 5.41) is 0. The molecule has 2 atom stereocenters. The third-order valence-electron chi connectivity index (χ3n) is 6.63. The van der Waals surface area contributed by atoms with Crippen molar-refractivity contribution in [1.29, 1.82) is 0 Å². The fraction of sp³-hybridized carbons (Fsp3) is 0.320. The molecule has 2 aromatic heterocycles. The Balaban J connectivity index is 0.00000241. The maximum Gasteiger partial charge on any atom is 0.261 e. The molecule has 2 aliphatic heterocycles. The molecule has 4 heterocycles. The van der Waals surface area contributed by atoms with E-state index in [1.807, 2.05) is 30.0 Å². The van der Waals surface area contributed by atoms with Crippen molar-refractivity contribution in [2.45, 2.75) is 45.3 Å². The van der Waals surface area contributed by atoms with E-state index in [4.69, 9.17) is 4.98 Å². The minimum atomic E-state index is -0.588. The van der Waals surface area contributed by atoms with Crippen molar-refractivity contribution >= 4 is 29.3 Å². The second-order valence-corrected chi connectivity index (χ2v) is 8.67. The topological polar surface area (TPSA) is 82.5 Å². The number of hydrogen-bond donors (Lipinski definition) is 0. The number of carbonyl (C=O) groups excluding carboxylic acids is 2. The number of hydrogen-bond acceptors (Lipinski definition) is 6. The maximum atomic E-state index is 13.5. The second-order valence-electron chi connectivity index (χ2n) is 8.67. The average molecular weight is 461 g/mol. The van der Waals surface area contributed by atoms with Gasteiger partial charge in [0, 0.05) is 24.8 Å². The van der Waals surface area contributed by atoms with Crippen molar-refractivity contribution in [2.24, 2.45) is 0 Å². The van der Waals surface area contributed by atoms with Crippen LogP contribution in [0.15, 0.2) is 48.8 Å². The summed E-state index contributed by atoms with van der Waals surface area (Å²) in [6.07, 6.45) is 5.04. The van der Waals surface area contributed by atoms with E-state index in [1.54, 1.807) is 30.3 Å². The lowest BCUT2D eigenvalue weighted by atomic mass is 9.99. The SMILES string of the molecule is C.CC1C(=O)N(C)c2cnc(N3C(=O)c4ccccc4C3c3ccc(F)nc3)nc2N1C1CC1. The minimum absolute atomic E-state index is 0. The van der Waals surface area contributed by atoms with Crippen molar-refractivity contribution in [1.82, 2.24) is 15.0 Å². The number of pyridine rings is 1. The van der Waals surface area contributed by atoms with Gasteiger partial charge in [0.2, 0.25) is 17.8 Å². The van der Waals surface area contributed by atoms with Gasteiger partial charge in [0.15, 0.2) is 5.82 Å². The second kappa shape index (κ2) is 7.86. The van der Waals surface area contributed by atoms with Crippen LogP contribution >= 0.6 is 0 Å². The van der Waals surface area contributed by atoms with E-state index < -0.39 is 12.0 Å². The summed E-state index contributed by atoms with van der Waals surface area (Å²) in [5.41, 5.74) is 2.62. The Labute approximate surface area is 197 Å². The fourth-order valence-corrected chi connectivity index (χ4v) is 4.84. The number of amides is 2. The highest BCUT2D eigenvalue weighted by Crippen LogP contribution is 2.44. The van der Waals surface area contributed by atoms with Crippen molar-refractivity contribution in [3.8, 4) is 0 Å². The van der Waals surface area contributed by atoms with Gasteiger partial charge in [-0.15, -0.1) is 0 Å². The number of aromatic nitrogens is 3. The lowest BCUT2D eigenvalue weighted by Gasteiger charge is -2.39. The molecule has 34 heavy (non-hydrogen) atoms. The van der Waals surface area contributed by atoms with Crippen molar-refractivity contribution < 1.29 is 14.0 Å². The predicted octanol–water partition coefficient (Wildman–Crippen LogP) is 3.73. The van der Waals surface area contributed by atoms with Crippen LogP contribution in [0, 0.1) is 5.95 Å². The third kappa shape index (κ3) is 3.14. The Morgan fingerprint density at radius 1 is 1.03 bits per heavy atom. The zero-order valence-corrected chi connectivity index (χ0v) is 18.1. The Morgan fingerprint density at radius 3 is 2.50 bits per heavy atom. The molecule has 0 spiro atoms. The molecule has 1 saturated carbocycles. The molecule has 0 N–H and O–H groups in total. The largest absolute Gasteiger partial charge is 0.340 e. The molecule has 8 nitrogen and oxygen atoms in total. The van der Waals surface area contributed by atoms with E-state index in [9.17, 15) is 14.0 Å². The Bertz CT molecular complexity index is 1290. The highest BCUT2D eigenvalue weighted by atomic mass is 19.1. The zero-order valence-electron chi connectivity index (χ0n) is 18.1. The van der Waals surface area contributed by atoms with Crippen LogP contribution in [0.2, 0.25) is 0 Å². The predicted molar refractivity (Wildman–Crippen MR) is 126 cm³/mol. The molecule has 174 valence electrons. The number of rotatable bonds is 3. The molecule has 1 aromatic carbocycles. The number of carbonyl (C=O) groups is 2. The molecule has 1 aliphatic carbocycles. The van der Waals surface area contributed by atoms with Gasteiger partial charge in [-0.3, -0.25) is 14.5 Å². The number of nitrogens with zero attached hydrogens (tertiary/aromatic N) is 6. The molecule has 2 unspecified atom stereocenters. The van der Waals surface area contributed by atoms with Gasteiger partial charge in [-0.05, 0) is 43.0 Å². The van der Waals surface area contributed by atoms with Crippen molar-refractivity contribution in [3.63, 3.8) is 0 Å². The Morgan fingerprint density at radius 2 is 1.79 bits per heavy atom. The standard InChI is InChI=1S/C24H21FN6O2.CH4/c1-13-22(32)29(2)18-12-27-24(28-21(18)30(13)15-8-9-15)31-20(14-7-10-19(25)26-11-14)16-5-3-4-6-17(16)23(31)33;/h3-7,10-13,15,20H,8-9H2,1-2H3;1H4. The van der Waals surface area contributed by atoms with Crippen LogP contribution in [0.25, 0.3) is 0 Å². The first-order chi connectivity index (χ1) is 16.0. The molecular formula is C25H25FN6O2. The molecule has 9 heteroatoms. The monoisotopic (exact) mass is 460 g/mol. The van der Waals surface area contributed by atoms with E-state index in [0.29, 0.717) is 22.6 Å². The van der Waals surface area contributed by atoms with E-state index in [2.05, 4.69) is 9.97 Å². The van der Waals surface area contributed by atoms with Gasteiger partial charge in [0.25, 0.3) is 5.91 Å². The van der Waals surface area contributed by atoms with Crippen LogP contribution in [-0.4, -0.2) is 45.9 Å². The molecule has 0 saturated heterocycles. The zero-order chi connectivity index (χ0) is 22.9. The van der Waals surface area contributed by atoms with Gasteiger partial charge in [-0.25, -0.2) is 9.97 Å². The normalized spacial score (nSPS) is 21.3. The molecule has 0 radical (unpaired) electrons. The highest BCUT2D eigenvalue weighted by molar-refractivity contribution is 6.11. The van der Waals surface area contributed by atoms with Crippen LogP contribution in [-0.2, 0) is 4.79 Å². The van der Waals surface area contributed by atoms with E-state index in [-0.39, 0.29) is 37.3 Å². The molecular weight excluding hydrogens is 435 g/mol. The first kappa shape index (κ1) is 21.9. The molecule has 3 aliphatic rings. The van der Waals surface area contributed by atoms with Crippen LogP contribution in [0.5, 0.6) is 0 Å². The van der Waals surface area contributed by atoms with Gasteiger partial charge in [-0.1, -0.05) is 31.7 Å². The highest BCUT2D eigenvalue weighted by Gasteiger charge is 2.45. The number of halogens is 1. The Hall–Kier alpha value is -3.88. The molecule has 3 aromatic rings. The van der Waals surface area contributed by atoms with Crippen LogP contribution in [0.3, 0.4) is 0 Å². The lowest BCUT2D eigenvalue weighted by Crippen LogP contribution is -2.52. The Kier molecular flexibility index (Phi) is 5.07. The van der Waals surface area contributed by atoms with Gasteiger partial charge in [0.05, 0.1) is 12.2 Å². The van der Waals surface area contributed by atoms with E-state index in [1.165, 1.54) is 17.2 Å². The van der Waals surface area contributed by atoms with E-state index in [0.717, 1.165) is 18.4 Å². The number of benzene rings is 1. The molecule has 2 amide bonds. The summed E-state index contributed by atoms with van der Waals surface area (Å²) in [4.78, 5) is 44.5. The summed E-state index contributed by atoms with van der Waals surface area (Å²) in [7, 11) is 1.72. The first-order valence-electron chi connectivity index (χ1n) is 10.9. The van der Waals surface area contributed by atoms with Gasteiger partial charge < -0.3 is 9.80 Å². The summed E-state index contributed by atoms with van der Waals surface area (Å²) in [6, 6.07) is 9.60. The summed E-state index contributed by atoms with van der Waals surface area (Å²) in [5.74, 6) is 0.0632. The van der Waals surface area contributed by atoms with Gasteiger partial charge in [-0.2, -0.15) is 9.37 Å². The van der Waals surface area contributed by atoms with Crippen molar-refractivity contribution in [3.05, 3.63) is 71.4 Å². The van der Waals surface area contributed by atoms with E-state index >= 15 is 0 Å². The number of fused-ring (bicyclic) bond motifs is 2. The fourth-order valence-electron chi connectivity index (χ4n) is 4.84. The van der Waals surface area contributed by atoms with Crippen LogP contribution in [0.4, 0.5) is 21.8 Å². The summed E-state index contributed by atoms with van der Waals surface area (Å²) < 4.78 is 13.5. The summed E-state index contributed by atoms with van der Waals surface area (Å²) in [6.45, 7) is 1.88. The minimum Gasteiger partial charge on any atom is -0.340 e. The average Bonchev–Trinajstić information content (AvgIpc) is 3.62. The first-order valence-corrected chi connectivity index (χ1v) is 10.9. The number of likely N-dealkylation sites (N-methyl/N-ethyl adjacent to an activating group) is 1. The van der Waals surface area contributed by atoms with Crippen molar-refractivity contribution in [2.75, 3.05) is 21.7 Å².